The molecule has 2 unspecified atom stereocenters. The Morgan fingerprint density at radius 2 is 2.14 bits per heavy atom. The van der Waals surface area contributed by atoms with Gasteiger partial charge < -0.3 is 4.74 Å². The molecule has 0 saturated heterocycles. The van der Waals surface area contributed by atoms with E-state index < -0.39 is 0 Å². The summed E-state index contributed by atoms with van der Waals surface area (Å²) in [6.07, 6.45) is 7.98. The third-order valence-corrected chi connectivity index (χ3v) is 2.58. The second-order valence-electron chi connectivity index (χ2n) is 3.64. The van der Waals surface area contributed by atoms with E-state index in [0.29, 0.717) is 0 Å². The van der Waals surface area contributed by atoms with Crippen LogP contribution in [-0.4, -0.2) is 19.3 Å². The van der Waals surface area contributed by atoms with Crippen LogP contribution in [0.2, 0.25) is 0 Å². The maximum Gasteiger partial charge on any atom is 0.0709 e. The minimum absolute atomic E-state index is 0.180. The smallest absolute Gasteiger partial charge is 0.0709 e. The van der Waals surface area contributed by atoms with Gasteiger partial charge in [-0.05, 0) is 26.2 Å². The first-order chi connectivity index (χ1) is 6.76. The number of methoxy groups -OCH3 is 1. The van der Waals surface area contributed by atoms with Crippen molar-refractivity contribution in [2.45, 2.75) is 51.2 Å². The van der Waals surface area contributed by atoms with Gasteiger partial charge in [0, 0.05) is 13.2 Å². The van der Waals surface area contributed by atoms with Gasteiger partial charge >= 0.3 is 0 Å². The lowest BCUT2D eigenvalue weighted by atomic mass is 10.0. The first-order valence-electron chi connectivity index (χ1n) is 5.36. The maximum absolute atomic E-state index is 5.44. The normalized spacial score (nSPS) is 15.1. The summed E-state index contributed by atoms with van der Waals surface area (Å²) in [5.41, 5.74) is 2.80. The van der Waals surface area contributed by atoms with E-state index >= 15 is 0 Å². The molecule has 0 saturated carbocycles. The molecule has 0 rings (SSSR count). The van der Waals surface area contributed by atoms with Crippen LogP contribution in [0.1, 0.15) is 39.0 Å². The average Bonchev–Trinajstić information content (AvgIpc) is 2.22. The highest BCUT2D eigenvalue weighted by atomic mass is 16.5. The van der Waals surface area contributed by atoms with E-state index in [1.807, 2.05) is 13.0 Å². The zero-order valence-corrected chi connectivity index (χ0v) is 9.46. The first-order valence-corrected chi connectivity index (χ1v) is 5.36. The van der Waals surface area contributed by atoms with Gasteiger partial charge in [-0.2, -0.15) is 0 Å². The third kappa shape index (κ3) is 6.13. The fourth-order valence-corrected chi connectivity index (χ4v) is 1.45. The lowest BCUT2D eigenvalue weighted by Gasteiger charge is -2.21. The number of ether oxygens (including phenoxy) is 1. The minimum atomic E-state index is 0.180. The Bertz CT molecular complexity index is 139. The van der Waals surface area contributed by atoms with Gasteiger partial charge in [0.2, 0.25) is 0 Å². The van der Waals surface area contributed by atoms with Crippen molar-refractivity contribution in [2.24, 2.45) is 5.84 Å². The second kappa shape index (κ2) is 9.19. The number of nitrogens with two attached hydrogens (primary N) is 1. The zero-order chi connectivity index (χ0) is 10.8. The lowest BCUT2D eigenvalue weighted by Crippen LogP contribution is -2.43. The van der Waals surface area contributed by atoms with E-state index in [1.54, 1.807) is 7.11 Å². The van der Waals surface area contributed by atoms with E-state index in [4.69, 9.17) is 10.6 Å². The molecule has 3 heteroatoms. The van der Waals surface area contributed by atoms with E-state index in [-0.39, 0.29) is 12.1 Å². The molecule has 0 spiro atoms. The molecule has 84 valence electrons. The highest BCUT2D eigenvalue weighted by Crippen LogP contribution is 2.09. The van der Waals surface area contributed by atoms with E-state index in [0.717, 1.165) is 12.8 Å². The van der Waals surface area contributed by atoms with Gasteiger partial charge in [0.25, 0.3) is 0 Å². The predicted octanol–water partition coefficient (Wildman–Crippen LogP) is 1.99. The molecule has 0 amide bonds. The number of hydrogen-bond donors (Lipinski definition) is 2. The molecular weight excluding hydrogens is 176 g/mol. The topological polar surface area (TPSA) is 47.3 Å². The highest BCUT2D eigenvalue weighted by Gasteiger charge is 2.13. The van der Waals surface area contributed by atoms with Crippen molar-refractivity contribution in [2.75, 3.05) is 7.11 Å². The number of unbranched alkanes of at least 4 members (excludes halogenated alkanes) is 3. The molecule has 0 aliphatic rings. The Labute approximate surface area is 87.7 Å². The monoisotopic (exact) mass is 200 g/mol. The van der Waals surface area contributed by atoms with Gasteiger partial charge in [0.05, 0.1) is 6.10 Å². The molecule has 3 nitrogen and oxygen atoms in total. The Morgan fingerprint density at radius 3 is 2.64 bits per heavy atom. The van der Waals surface area contributed by atoms with Crippen LogP contribution in [0, 0.1) is 0 Å². The van der Waals surface area contributed by atoms with Crippen molar-refractivity contribution in [3.8, 4) is 0 Å². The summed E-state index contributed by atoms with van der Waals surface area (Å²) in [6.45, 7) is 5.73. The molecule has 0 aromatic carbocycles. The standard InChI is InChI=1S/C11H24N2O/c1-4-5-6-7-8-9-11(13-12)10(2)14-3/h4,10-11,13H,1,5-9,12H2,2-3H3. The minimum Gasteiger partial charge on any atom is -0.380 e. The molecule has 0 fully saturated rings. The number of allylic oxidation sites excluding steroid dienone is 1. The average molecular weight is 200 g/mol. The van der Waals surface area contributed by atoms with Gasteiger partial charge in [-0.15, -0.1) is 6.58 Å². The predicted molar refractivity (Wildman–Crippen MR) is 60.9 cm³/mol. The quantitative estimate of drug-likeness (QED) is 0.259. The van der Waals surface area contributed by atoms with Gasteiger partial charge in [-0.25, -0.2) is 0 Å². The maximum atomic E-state index is 5.44. The van der Waals surface area contributed by atoms with Crippen molar-refractivity contribution in [3.05, 3.63) is 12.7 Å². The SMILES string of the molecule is C=CCCCCCC(NN)C(C)OC. The van der Waals surface area contributed by atoms with E-state index in [9.17, 15) is 0 Å². The van der Waals surface area contributed by atoms with Crippen molar-refractivity contribution in [1.29, 1.82) is 0 Å². The summed E-state index contributed by atoms with van der Waals surface area (Å²) in [5, 5.41) is 0. The number of hydrogen-bond acceptors (Lipinski definition) is 3. The molecule has 0 bridgehead atoms. The molecule has 0 aromatic rings. The third-order valence-electron chi connectivity index (χ3n) is 2.58. The van der Waals surface area contributed by atoms with Gasteiger partial charge in [-0.1, -0.05) is 18.9 Å². The Hall–Kier alpha value is -0.380. The fraction of sp³-hybridized carbons (Fsp3) is 0.818. The van der Waals surface area contributed by atoms with Crippen LogP contribution in [-0.2, 0) is 4.74 Å². The largest absolute Gasteiger partial charge is 0.380 e. The van der Waals surface area contributed by atoms with Crippen molar-refractivity contribution in [3.63, 3.8) is 0 Å². The molecule has 0 heterocycles. The van der Waals surface area contributed by atoms with Crippen LogP contribution in [0.3, 0.4) is 0 Å². The summed E-state index contributed by atoms with van der Waals surface area (Å²) in [6, 6.07) is 0.267. The highest BCUT2D eigenvalue weighted by molar-refractivity contribution is 4.71. The van der Waals surface area contributed by atoms with Crippen molar-refractivity contribution < 1.29 is 4.74 Å². The number of rotatable bonds is 9. The summed E-state index contributed by atoms with van der Waals surface area (Å²) < 4.78 is 5.22. The Morgan fingerprint density at radius 1 is 1.43 bits per heavy atom. The first kappa shape index (κ1) is 13.6. The van der Waals surface area contributed by atoms with Crippen LogP contribution in [0.15, 0.2) is 12.7 Å². The molecular formula is C11H24N2O. The van der Waals surface area contributed by atoms with Crippen LogP contribution < -0.4 is 11.3 Å². The van der Waals surface area contributed by atoms with Crippen LogP contribution in [0.4, 0.5) is 0 Å². The summed E-state index contributed by atoms with van der Waals surface area (Å²) in [7, 11) is 1.71. The van der Waals surface area contributed by atoms with Crippen LogP contribution in [0.5, 0.6) is 0 Å². The summed E-state index contributed by atoms with van der Waals surface area (Å²) in [4.78, 5) is 0. The van der Waals surface area contributed by atoms with Gasteiger partial charge in [0.15, 0.2) is 0 Å². The molecule has 3 N–H and O–H groups in total. The molecule has 0 radical (unpaired) electrons. The second-order valence-corrected chi connectivity index (χ2v) is 3.64. The molecule has 14 heavy (non-hydrogen) atoms. The lowest BCUT2D eigenvalue weighted by molar-refractivity contribution is 0.0792. The van der Waals surface area contributed by atoms with Crippen molar-refractivity contribution in [1.82, 2.24) is 5.43 Å². The van der Waals surface area contributed by atoms with Crippen LogP contribution in [0.25, 0.3) is 0 Å². The van der Waals surface area contributed by atoms with E-state index in [2.05, 4.69) is 12.0 Å². The Kier molecular flexibility index (Phi) is 8.94. The fourth-order valence-electron chi connectivity index (χ4n) is 1.45. The van der Waals surface area contributed by atoms with Crippen LogP contribution >= 0.6 is 0 Å². The van der Waals surface area contributed by atoms with Gasteiger partial charge in [0.1, 0.15) is 0 Å². The summed E-state index contributed by atoms with van der Waals surface area (Å²) in [5.74, 6) is 5.44. The van der Waals surface area contributed by atoms with Crippen molar-refractivity contribution >= 4 is 0 Å². The van der Waals surface area contributed by atoms with Gasteiger partial charge in [-0.3, -0.25) is 11.3 Å². The molecule has 0 aliphatic carbocycles. The number of hydrazine groups is 1. The molecule has 0 aliphatic heterocycles. The Balaban J connectivity index is 3.47. The molecule has 0 aromatic heterocycles. The summed E-state index contributed by atoms with van der Waals surface area (Å²) >= 11 is 0. The zero-order valence-electron chi connectivity index (χ0n) is 9.46. The number of nitrogens with one attached hydrogen (secondary N) is 1. The molecule has 2 atom stereocenters. The van der Waals surface area contributed by atoms with E-state index in [1.165, 1.54) is 19.3 Å².